The van der Waals surface area contributed by atoms with Crippen molar-refractivity contribution in [2.24, 2.45) is 0 Å². The number of anilines is 1. The first-order chi connectivity index (χ1) is 18.5. The van der Waals surface area contributed by atoms with Crippen LogP contribution in [0.1, 0.15) is 54.1 Å². The maximum atomic E-state index is 12.9. The van der Waals surface area contributed by atoms with Crippen molar-refractivity contribution in [1.82, 2.24) is 15.1 Å². The second kappa shape index (κ2) is 8.93. The highest BCUT2D eigenvalue weighted by molar-refractivity contribution is 6.09. The van der Waals surface area contributed by atoms with Gasteiger partial charge in [0.15, 0.2) is 0 Å². The Morgan fingerprint density at radius 2 is 1.82 bits per heavy atom. The highest BCUT2D eigenvalue weighted by atomic mass is 16.5. The summed E-state index contributed by atoms with van der Waals surface area (Å²) in [6, 6.07) is 23.3. The number of aromatic nitrogens is 2. The van der Waals surface area contributed by atoms with Crippen molar-refractivity contribution in [1.29, 1.82) is 0 Å². The highest BCUT2D eigenvalue weighted by Crippen LogP contribution is 2.64. The molecule has 7 rings (SSSR count). The number of nitrogens with zero attached hydrogens (tertiary/aromatic N) is 2. The number of para-hydroxylation sites is 1. The van der Waals surface area contributed by atoms with Crippen LogP contribution < -0.4 is 5.32 Å². The summed E-state index contributed by atoms with van der Waals surface area (Å²) in [6.07, 6.45) is 5.59. The molecule has 192 valence electrons. The minimum Gasteiger partial charge on any atom is -0.373 e. The number of ether oxygens (including phenoxy) is 1. The number of nitrogens with one attached hydrogen (secondary N) is 2. The summed E-state index contributed by atoms with van der Waals surface area (Å²) in [7, 11) is 0. The topological polar surface area (TPSA) is 70.2 Å². The summed E-state index contributed by atoms with van der Waals surface area (Å²) in [5, 5.41) is 11.9. The van der Waals surface area contributed by atoms with E-state index in [0.29, 0.717) is 0 Å². The van der Waals surface area contributed by atoms with Crippen molar-refractivity contribution >= 4 is 34.6 Å². The van der Waals surface area contributed by atoms with E-state index in [9.17, 15) is 4.79 Å². The first-order valence-electron chi connectivity index (χ1n) is 13.5. The number of amides is 1. The molecule has 0 bridgehead atoms. The van der Waals surface area contributed by atoms with Crippen LogP contribution in [0.15, 0.2) is 66.7 Å². The molecule has 6 nitrogen and oxygen atoms in total. The van der Waals surface area contributed by atoms with Crippen LogP contribution in [0.25, 0.3) is 23.1 Å². The molecule has 2 N–H and O–H groups in total. The van der Waals surface area contributed by atoms with Crippen molar-refractivity contribution in [3.8, 4) is 0 Å². The average molecular weight is 505 g/mol. The molecule has 4 aromatic rings. The van der Waals surface area contributed by atoms with E-state index in [1.165, 1.54) is 11.1 Å². The summed E-state index contributed by atoms with van der Waals surface area (Å²) in [5.41, 5.74) is 7.23. The standard InChI is InChI=1S/C32H32N4O2/c1-20-17-36(18-21(2)38-20)19-23-9-7-22(8-10-23)11-14-28-25-13-12-24(15-30(25)35-34-28)27-16-32(27)26-5-3-4-6-29(26)33-31(32)37/h3-15,20-21,27H,16-19H2,1-2H3,(H,33,37)(H,34,35)/b14-11+. The van der Waals surface area contributed by atoms with Gasteiger partial charge in [0, 0.05) is 36.6 Å². The predicted octanol–water partition coefficient (Wildman–Crippen LogP) is 5.72. The molecule has 4 unspecified atom stereocenters. The first kappa shape index (κ1) is 23.4. The largest absolute Gasteiger partial charge is 0.373 e. The lowest BCUT2D eigenvalue weighted by Crippen LogP contribution is -2.44. The third-order valence-electron chi connectivity index (χ3n) is 8.36. The van der Waals surface area contributed by atoms with E-state index >= 15 is 0 Å². The molecular formula is C32H32N4O2. The van der Waals surface area contributed by atoms with Gasteiger partial charge in [0.2, 0.25) is 5.91 Å². The Hall–Kier alpha value is -3.74. The van der Waals surface area contributed by atoms with Gasteiger partial charge in [0.1, 0.15) is 0 Å². The fraction of sp³-hybridized carbons (Fsp3) is 0.312. The van der Waals surface area contributed by atoms with E-state index in [2.05, 4.69) is 94.9 Å². The smallest absolute Gasteiger partial charge is 0.235 e. The number of benzene rings is 3. The lowest BCUT2D eigenvalue weighted by molar-refractivity contribution is -0.118. The number of H-pyrrole nitrogens is 1. The van der Waals surface area contributed by atoms with Crippen LogP contribution in [0.5, 0.6) is 0 Å². The molecule has 3 aromatic carbocycles. The van der Waals surface area contributed by atoms with Gasteiger partial charge in [0.25, 0.3) is 0 Å². The molecular weight excluding hydrogens is 472 g/mol. The van der Waals surface area contributed by atoms with E-state index in [1.54, 1.807) is 0 Å². The zero-order valence-electron chi connectivity index (χ0n) is 21.8. The molecule has 1 amide bonds. The van der Waals surface area contributed by atoms with Gasteiger partial charge < -0.3 is 10.1 Å². The Bertz CT molecular complexity index is 1550. The maximum Gasteiger partial charge on any atom is 0.235 e. The number of carbonyl (C=O) groups excluding carboxylic acids is 1. The molecule has 0 radical (unpaired) electrons. The lowest BCUT2D eigenvalue weighted by Gasteiger charge is -2.35. The van der Waals surface area contributed by atoms with Crippen LogP contribution in [-0.4, -0.2) is 46.3 Å². The van der Waals surface area contributed by atoms with Crippen LogP contribution in [0.3, 0.4) is 0 Å². The first-order valence-corrected chi connectivity index (χ1v) is 13.5. The summed E-state index contributed by atoms with van der Waals surface area (Å²) in [5.74, 6) is 0.317. The van der Waals surface area contributed by atoms with Gasteiger partial charge in [-0.1, -0.05) is 60.7 Å². The van der Waals surface area contributed by atoms with Gasteiger partial charge in [-0.3, -0.25) is 14.8 Å². The molecule has 38 heavy (non-hydrogen) atoms. The van der Waals surface area contributed by atoms with Crippen molar-refractivity contribution < 1.29 is 9.53 Å². The van der Waals surface area contributed by atoms with Gasteiger partial charge in [-0.2, -0.15) is 5.10 Å². The monoisotopic (exact) mass is 504 g/mol. The summed E-state index contributed by atoms with van der Waals surface area (Å²) in [6.45, 7) is 7.19. The molecule has 1 aromatic heterocycles. The third-order valence-corrected chi connectivity index (χ3v) is 8.36. The van der Waals surface area contributed by atoms with E-state index in [-0.39, 0.29) is 24.0 Å². The Labute approximate surface area is 222 Å². The summed E-state index contributed by atoms with van der Waals surface area (Å²) in [4.78, 5) is 15.4. The highest BCUT2D eigenvalue weighted by Gasteiger charge is 2.65. The number of aromatic amines is 1. The third kappa shape index (κ3) is 3.96. The number of hydrogen-bond donors (Lipinski definition) is 2. The van der Waals surface area contributed by atoms with Gasteiger partial charge in [-0.25, -0.2) is 0 Å². The van der Waals surface area contributed by atoms with Crippen molar-refractivity contribution in [2.45, 2.75) is 50.4 Å². The van der Waals surface area contributed by atoms with Crippen LogP contribution in [0.4, 0.5) is 5.69 Å². The van der Waals surface area contributed by atoms with E-state index < -0.39 is 5.41 Å². The van der Waals surface area contributed by atoms with Gasteiger partial charge in [-0.15, -0.1) is 0 Å². The predicted molar refractivity (Wildman–Crippen MR) is 151 cm³/mol. The number of fused-ring (bicyclic) bond motifs is 3. The van der Waals surface area contributed by atoms with E-state index in [4.69, 9.17) is 4.74 Å². The summed E-state index contributed by atoms with van der Waals surface area (Å²) < 4.78 is 5.86. The van der Waals surface area contributed by atoms with Gasteiger partial charge in [-0.05, 0) is 60.7 Å². The Morgan fingerprint density at radius 1 is 1.03 bits per heavy atom. The van der Waals surface area contributed by atoms with Crippen molar-refractivity contribution in [2.75, 3.05) is 18.4 Å². The van der Waals surface area contributed by atoms with Crippen LogP contribution in [0.2, 0.25) is 0 Å². The molecule has 6 heteroatoms. The molecule has 2 fully saturated rings. The van der Waals surface area contributed by atoms with Crippen LogP contribution in [0, 0.1) is 0 Å². The van der Waals surface area contributed by atoms with Gasteiger partial charge in [0.05, 0.1) is 28.8 Å². The molecule has 4 atom stereocenters. The number of morpholine rings is 1. The SMILES string of the molecule is CC1CN(Cc2ccc(/C=C/c3n[nH]c4cc(C5CC56C(=O)Nc5ccccc56)ccc34)cc2)CC(C)O1. The van der Waals surface area contributed by atoms with Gasteiger partial charge >= 0.3 is 0 Å². The number of hydrogen-bond acceptors (Lipinski definition) is 4. The van der Waals surface area contributed by atoms with Crippen LogP contribution >= 0.6 is 0 Å². The number of rotatable bonds is 5. The number of carbonyl (C=O) groups is 1. The minimum absolute atomic E-state index is 0.122. The van der Waals surface area contributed by atoms with E-state index in [0.717, 1.165) is 59.5 Å². The van der Waals surface area contributed by atoms with Crippen molar-refractivity contribution in [3.05, 3.63) is 94.7 Å². The normalized spacial score (nSPS) is 26.8. The van der Waals surface area contributed by atoms with E-state index in [1.807, 2.05) is 18.2 Å². The fourth-order valence-corrected chi connectivity index (χ4v) is 6.53. The molecule has 1 saturated carbocycles. The average Bonchev–Trinajstić information content (AvgIpc) is 3.44. The zero-order valence-corrected chi connectivity index (χ0v) is 21.8. The molecule has 1 saturated heterocycles. The molecule has 1 spiro atoms. The lowest BCUT2D eigenvalue weighted by atomic mass is 9.92. The fourth-order valence-electron chi connectivity index (χ4n) is 6.53. The molecule has 2 aliphatic heterocycles. The Kier molecular flexibility index (Phi) is 5.49. The Balaban J connectivity index is 1.05. The molecule has 1 aliphatic carbocycles. The second-order valence-electron chi connectivity index (χ2n) is 11.2. The summed E-state index contributed by atoms with van der Waals surface area (Å²) >= 11 is 0. The molecule has 3 heterocycles. The molecule has 3 aliphatic rings. The van der Waals surface area contributed by atoms with Crippen molar-refractivity contribution in [3.63, 3.8) is 0 Å². The van der Waals surface area contributed by atoms with Crippen LogP contribution in [-0.2, 0) is 21.5 Å². The zero-order chi connectivity index (χ0) is 25.9. The minimum atomic E-state index is -0.419. The second-order valence-corrected chi connectivity index (χ2v) is 11.2. The Morgan fingerprint density at radius 3 is 2.63 bits per heavy atom. The quantitative estimate of drug-likeness (QED) is 0.365. The maximum absolute atomic E-state index is 12.9.